The van der Waals surface area contributed by atoms with E-state index >= 15 is 0 Å². The molecule has 0 fully saturated rings. The Bertz CT molecular complexity index is 552. The molecule has 1 amide bonds. The third-order valence-electron chi connectivity index (χ3n) is 3.07. The van der Waals surface area contributed by atoms with Gasteiger partial charge in [-0.3, -0.25) is 9.69 Å². The van der Waals surface area contributed by atoms with Gasteiger partial charge in [-0.25, -0.2) is 4.79 Å². The topological polar surface area (TPSA) is 57.6 Å². The maximum atomic E-state index is 11.9. The minimum atomic E-state index is -1.02. The van der Waals surface area contributed by atoms with Crippen molar-refractivity contribution in [3.63, 3.8) is 0 Å². The van der Waals surface area contributed by atoms with Gasteiger partial charge in [0.15, 0.2) is 0 Å². The van der Waals surface area contributed by atoms with Crippen molar-refractivity contribution < 1.29 is 14.7 Å². The lowest BCUT2D eigenvalue weighted by molar-refractivity contribution is -0.133. The normalized spacial score (nSPS) is 15.5. The molecule has 4 heteroatoms. The number of aryl methyl sites for hydroxylation is 2. The second kappa shape index (κ2) is 4.29. The van der Waals surface area contributed by atoms with E-state index in [2.05, 4.69) is 0 Å². The molecule has 0 atom stereocenters. The van der Waals surface area contributed by atoms with Gasteiger partial charge in [0.2, 0.25) is 5.91 Å². The highest BCUT2D eigenvalue weighted by molar-refractivity contribution is 6.08. The highest BCUT2D eigenvalue weighted by atomic mass is 16.4. The molecule has 1 aliphatic heterocycles. The minimum absolute atomic E-state index is 0.0336. The molecule has 0 saturated heterocycles. The first-order valence-electron chi connectivity index (χ1n) is 5.74. The molecule has 0 saturated carbocycles. The molecule has 0 radical (unpaired) electrons. The molecule has 94 valence electrons. The minimum Gasteiger partial charge on any atom is -0.478 e. The molecule has 0 aliphatic carbocycles. The lowest BCUT2D eigenvalue weighted by atomic mass is 10.1. The fourth-order valence-corrected chi connectivity index (χ4v) is 2.33. The van der Waals surface area contributed by atoms with Crippen LogP contribution in [0.2, 0.25) is 0 Å². The van der Waals surface area contributed by atoms with Crippen LogP contribution in [0.25, 0.3) is 0 Å². The Kier molecular flexibility index (Phi) is 2.95. The van der Waals surface area contributed by atoms with Crippen LogP contribution in [0.1, 0.15) is 24.5 Å². The molecule has 1 aromatic carbocycles. The molecule has 0 unspecified atom stereocenters. The molecule has 2 rings (SSSR count). The Labute approximate surface area is 106 Å². The first-order valence-corrected chi connectivity index (χ1v) is 5.74. The second-order valence-electron chi connectivity index (χ2n) is 4.62. The summed E-state index contributed by atoms with van der Waals surface area (Å²) in [7, 11) is 0. The number of hydrogen-bond acceptors (Lipinski definition) is 2. The van der Waals surface area contributed by atoms with Gasteiger partial charge in [-0.05, 0) is 44.0 Å². The number of carbonyl (C=O) groups excluding carboxylic acids is 1. The van der Waals surface area contributed by atoms with E-state index in [4.69, 9.17) is 5.11 Å². The molecule has 0 spiro atoms. The number of rotatable bonds is 2. The number of carboxylic acid groups (broad SMARTS) is 1. The molecule has 4 nitrogen and oxygen atoms in total. The molecule has 1 aliphatic rings. The van der Waals surface area contributed by atoms with Crippen molar-refractivity contribution in [2.24, 2.45) is 0 Å². The van der Waals surface area contributed by atoms with Crippen LogP contribution >= 0.6 is 0 Å². The van der Waals surface area contributed by atoms with E-state index in [9.17, 15) is 9.59 Å². The van der Waals surface area contributed by atoms with Crippen LogP contribution in [0.15, 0.2) is 29.5 Å². The van der Waals surface area contributed by atoms with Gasteiger partial charge in [-0.15, -0.1) is 0 Å². The predicted octanol–water partition coefficient (Wildman–Crippen LogP) is 2.40. The SMILES string of the molecule is CC1=C(C(=O)O)CC(=O)N1c1cc(C)cc(C)c1. The number of hydrogen-bond donors (Lipinski definition) is 1. The van der Waals surface area contributed by atoms with Gasteiger partial charge in [0.05, 0.1) is 12.0 Å². The number of allylic oxidation sites excluding steroid dienone is 1. The Morgan fingerprint density at radius 3 is 2.17 bits per heavy atom. The summed E-state index contributed by atoms with van der Waals surface area (Å²) in [6.45, 7) is 5.58. The number of nitrogens with zero attached hydrogens (tertiary/aromatic N) is 1. The van der Waals surface area contributed by atoms with Gasteiger partial charge in [0.1, 0.15) is 0 Å². The highest BCUT2D eigenvalue weighted by Gasteiger charge is 2.32. The second-order valence-corrected chi connectivity index (χ2v) is 4.62. The first kappa shape index (κ1) is 12.4. The molecule has 18 heavy (non-hydrogen) atoms. The van der Waals surface area contributed by atoms with Crippen LogP contribution in [0.4, 0.5) is 5.69 Å². The number of carbonyl (C=O) groups is 2. The first-order chi connectivity index (χ1) is 8.40. The summed E-state index contributed by atoms with van der Waals surface area (Å²) < 4.78 is 0. The van der Waals surface area contributed by atoms with Crippen LogP contribution < -0.4 is 4.90 Å². The zero-order valence-electron chi connectivity index (χ0n) is 10.7. The maximum absolute atomic E-state index is 11.9. The van der Waals surface area contributed by atoms with Crippen LogP contribution in [0.3, 0.4) is 0 Å². The number of carboxylic acids is 1. The van der Waals surface area contributed by atoms with Crippen molar-refractivity contribution in [2.45, 2.75) is 27.2 Å². The fourth-order valence-electron chi connectivity index (χ4n) is 2.33. The number of benzene rings is 1. The average Bonchev–Trinajstić information content (AvgIpc) is 2.52. The quantitative estimate of drug-likeness (QED) is 0.870. The van der Waals surface area contributed by atoms with E-state index < -0.39 is 5.97 Å². The monoisotopic (exact) mass is 245 g/mol. The lowest BCUT2D eigenvalue weighted by Crippen LogP contribution is -2.23. The van der Waals surface area contributed by atoms with E-state index in [1.807, 2.05) is 32.0 Å². The fraction of sp³-hybridized carbons (Fsp3) is 0.286. The number of amides is 1. The molecule has 1 aromatic rings. The maximum Gasteiger partial charge on any atom is 0.333 e. The van der Waals surface area contributed by atoms with Gasteiger partial charge in [-0.1, -0.05) is 6.07 Å². The van der Waals surface area contributed by atoms with E-state index in [0.29, 0.717) is 5.70 Å². The molecule has 0 bridgehead atoms. The van der Waals surface area contributed by atoms with Crippen molar-refractivity contribution in [2.75, 3.05) is 4.90 Å². The van der Waals surface area contributed by atoms with Gasteiger partial charge in [0.25, 0.3) is 0 Å². The van der Waals surface area contributed by atoms with Gasteiger partial charge in [-0.2, -0.15) is 0 Å². The van der Waals surface area contributed by atoms with E-state index in [0.717, 1.165) is 16.8 Å². The van der Waals surface area contributed by atoms with Crippen molar-refractivity contribution >= 4 is 17.6 Å². The van der Waals surface area contributed by atoms with Crippen LogP contribution in [0.5, 0.6) is 0 Å². The Morgan fingerprint density at radius 1 is 1.17 bits per heavy atom. The number of aliphatic carboxylic acids is 1. The highest BCUT2D eigenvalue weighted by Crippen LogP contribution is 2.31. The smallest absolute Gasteiger partial charge is 0.333 e. The summed E-state index contributed by atoms with van der Waals surface area (Å²) in [5, 5.41) is 9.04. The third kappa shape index (κ3) is 2.01. The zero-order valence-corrected chi connectivity index (χ0v) is 10.7. The van der Waals surface area contributed by atoms with Crippen molar-refractivity contribution in [3.8, 4) is 0 Å². The standard InChI is InChI=1S/C14H15NO3/c1-8-4-9(2)6-11(5-8)15-10(3)12(14(17)18)7-13(15)16/h4-6H,7H2,1-3H3,(H,17,18). The largest absolute Gasteiger partial charge is 0.478 e. The summed E-state index contributed by atoms with van der Waals surface area (Å²) in [6, 6.07) is 5.79. The molecule has 1 N–H and O–H groups in total. The zero-order chi connectivity index (χ0) is 13.4. The number of anilines is 1. The summed E-state index contributed by atoms with van der Waals surface area (Å²) in [5.74, 6) is -1.21. The molecular formula is C14H15NO3. The Morgan fingerprint density at radius 2 is 1.72 bits per heavy atom. The Hall–Kier alpha value is -2.10. The van der Waals surface area contributed by atoms with Crippen LogP contribution in [-0.4, -0.2) is 17.0 Å². The van der Waals surface area contributed by atoms with E-state index in [1.54, 1.807) is 6.92 Å². The summed E-state index contributed by atoms with van der Waals surface area (Å²) in [6.07, 6.45) is -0.0336. The molecule has 1 heterocycles. The summed E-state index contributed by atoms with van der Waals surface area (Å²) in [5.41, 5.74) is 3.53. The third-order valence-corrected chi connectivity index (χ3v) is 3.07. The van der Waals surface area contributed by atoms with Crippen LogP contribution in [0, 0.1) is 13.8 Å². The lowest BCUT2D eigenvalue weighted by Gasteiger charge is -2.19. The van der Waals surface area contributed by atoms with E-state index in [-0.39, 0.29) is 17.9 Å². The van der Waals surface area contributed by atoms with Crippen molar-refractivity contribution in [3.05, 3.63) is 40.6 Å². The predicted molar refractivity (Wildman–Crippen MR) is 68.4 cm³/mol. The average molecular weight is 245 g/mol. The molecule has 0 aromatic heterocycles. The Balaban J connectivity index is 2.50. The molecular weight excluding hydrogens is 230 g/mol. The van der Waals surface area contributed by atoms with Gasteiger partial charge >= 0.3 is 5.97 Å². The van der Waals surface area contributed by atoms with Gasteiger partial charge in [0, 0.05) is 11.4 Å². The summed E-state index contributed by atoms with van der Waals surface area (Å²) in [4.78, 5) is 24.5. The van der Waals surface area contributed by atoms with Crippen LogP contribution in [-0.2, 0) is 9.59 Å². The van der Waals surface area contributed by atoms with E-state index in [1.165, 1.54) is 4.90 Å². The van der Waals surface area contributed by atoms with Crippen molar-refractivity contribution in [1.29, 1.82) is 0 Å². The van der Waals surface area contributed by atoms with Crippen molar-refractivity contribution in [1.82, 2.24) is 0 Å². The summed E-state index contributed by atoms with van der Waals surface area (Å²) >= 11 is 0. The van der Waals surface area contributed by atoms with Gasteiger partial charge < -0.3 is 5.11 Å².